The monoisotopic (exact) mass is 829 g/mol. The molecule has 6 heterocycles. The first-order valence-electron chi connectivity index (χ1n) is 20.3. The summed E-state index contributed by atoms with van der Waals surface area (Å²) in [5.41, 5.74) is 2.17. The molecule has 1 saturated carbocycles. The summed E-state index contributed by atoms with van der Waals surface area (Å²) in [4.78, 5) is 48.4. The average molecular weight is 830 g/mol. The van der Waals surface area contributed by atoms with Crippen LogP contribution >= 0.6 is 11.3 Å². The van der Waals surface area contributed by atoms with Crippen LogP contribution in [-0.4, -0.2) is 83.8 Å². The molecule has 2 amide bonds. The number of hydrogen-bond acceptors (Lipinski definition) is 12. The van der Waals surface area contributed by atoms with Crippen molar-refractivity contribution >= 4 is 44.9 Å². The first kappa shape index (κ1) is 40.4. The van der Waals surface area contributed by atoms with Crippen molar-refractivity contribution in [1.82, 2.24) is 30.2 Å². The summed E-state index contributed by atoms with van der Waals surface area (Å²) in [7, 11) is -4.02. The van der Waals surface area contributed by atoms with Crippen LogP contribution in [0, 0.1) is 17.2 Å². The number of imide groups is 1. The SMILES string of the molecule is CCC(c1cccc(-c2nc(C(C)(C)C)sc2-c2ccnc(NC3CC4(C3)CN(CC[C@H]3CCN(c5ccc([C@@H]6CCC(=O)NC6=O)cn5)C3)C4)n2)c1F)S(N)(=O)=O. The molecule has 1 spiro atoms. The molecule has 4 aromatic rings. The summed E-state index contributed by atoms with van der Waals surface area (Å²) < 4.78 is 40.9. The second-order valence-corrected chi connectivity index (χ2v) is 20.5. The van der Waals surface area contributed by atoms with E-state index < -0.39 is 21.1 Å². The summed E-state index contributed by atoms with van der Waals surface area (Å²) in [6.07, 6.45) is 8.92. The van der Waals surface area contributed by atoms with Gasteiger partial charge in [0.15, 0.2) is 0 Å². The number of nitrogens with zero attached hydrogens (tertiary/aromatic N) is 6. The third-order valence-electron chi connectivity index (χ3n) is 12.2. The van der Waals surface area contributed by atoms with Crippen molar-refractivity contribution in [3.63, 3.8) is 0 Å². The van der Waals surface area contributed by atoms with Crippen LogP contribution in [0.15, 0.2) is 48.8 Å². The molecule has 0 radical (unpaired) electrons. The Morgan fingerprint density at radius 2 is 1.88 bits per heavy atom. The number of anilines is 2. The van der Waals surface area contributed by atoms with Gasteiger partial charge in [0.05, 0.1) is 27.2 Å². The van der Waals surface area contributed by atoms with Crippen LogP contribution in [-0.2, 0) is 25.0 Å². The van der Waals surface area contributed by atoms with Gasteiger partial charge in [0.25, 0.3) is 0 Å². The molecule has 4 fully saturated rings. The molecule has 3 aromatic heterocycles. The fourth-order valence-corrected chi connectivity index (χ4v) is 11.3. The molecule has 308 valence electrons. The number of nitrogens with one attached hydrogen (secondary N) is 2. The maximum absolute atomic E-state index is 16.2. The minimum Gasteiger partial charge on any atom is -0.356 e. The number of amides is 2. The van der Waals surface area contributed by atoms with Gasteiger partial charge < -0.3 is 15.1 Å². The van der Waals surface area contributed by atoms with Crippen LogP contribution in [0.2, 0.25) is 0 Å². The largest absolute Gasteiger partial charge is 0.356 e. The number of thiazole rings is 1. The van der Waals surface area contributed by atoms with E-state index in [1.165, 1.54) is 17.4 Å². The van der Waals surface area contributed by atoms with Crippen LogP contribution in [0.25, 0.3) is 21.8 Å². The van der Waals surface area contributed by atoms with Crippen LogP contribution < -0.4 is 20.7 Å². The molecule has 1 unspecified atom stereocenters. The lowest BCUT2D eigenvalue weighted by atomic mass is 9.60. The number of rotatable bonds is 12. The third kappa shape index (κ3) is 8.25. The lowest BCUT2D eigenvalue weighted by Gasteiger charge is -2.59. The van der Waals surface area contributed by atoms with Gasteiger partial charge >= 0.3 is 0 Å². The second-order valence-electron chi connectivity index (χ2n) is 17.7. The average Bonchev–Trinajstić information content (AvgIpc) is 3.81. The van der Waals surface area contributed by atoms with Crippen LogP contribution in [0.5, 0.6) is 0 Å². The van der Waals surface area contributed by atoms with Gasteiger partial charge in [-0.25, -0.2) is 37.9 Å². The Kier molecular flexibility index (Phi) is 10.9. The number of benzene rings is 1. The van der Waals surface area contributed by atoms with Gasteiger partial charge in [-0.05, 0) is 80.2 Å². The van der Waals surface area contributed by atoms with E-state index >= 15 is 4.39 Å². The van der Waals surface area contributed by atoms with Crippen molar-refractivity contribution in [1.29, 1.82) is 0 Å². The van der Waals surface area contributed by atoms with Gasteiger partial charge in [0.1, 0.15) is 16.9 Å². The zero-order valence-electron chi connectivity index (χ0n) is 33.5. The topological polar surface area (TPSA) is 176 Å². The summed E-state index contributed by atoms with van der Waals surface area (Å²) in [5.74, 6) is 0.674. The maximum Gasteiger partial charge on any atom is 0.234 e. The highest BCUT2D eigenvalue weighted by Gasteiger charge is 2.52. The standard InChI is InChI=1S/C42H52FN9O4S2/c1-5-32(58(44,55)56)29-7-6-8-30(35(29)43)36-37(57-39(50-36)41(2,3)4)31-13-16-45-40(48-31)47-27-19-42(20-27)23-51(24-42)17-14-25-15-18-52(22-25)33-11-9-26(21-46-33)28-10-12-34(53)49-38(28)54/h6-9,11,13,16,21,25,27-28,32H,5,10,12,14-15,17-20,22-24H2,1-4H3,(H2,44,55,56)(H,45,47,48)(H,49,53,54)/t25-,28-,32?/m0/s1. The molecule has 4 aliphatic rings. The van der Waals surface area contributed by atoms with Crippen molar-refractivity contribution in [2.75, 3.05) is 42.9 Å². The number of hydrogen-bond donors (Lipinski definition) is 3. The number of nitrogens with two attached hydrogens (primary N) is 1. The quantitative estimate of drug-likeness (QED) is 0.140. The molecule has 4 N–H and O–H groups in total. The first-order chi connectivity index (χ1) is 27.6. The molecule has 3 aliphatic heterocycles. The summed E-state index contributed by atoms with van der Waals surface area (Å²) in [6.45, 7) is 13.1. The highest BCUT2D eigenvalue weighted by molar-refractivity contribution is 7.89. The fraction of sp³-hybridized carbons (Fsp3) is 0.524. The summed E-state index contributed by atoms with van der Waals surface area (Å²) in [5, 5.41) is 11.1. The Bertz CT molecular complexity index is 2300. The normalized spacial score (nSPS) is 21.8. The molecule has 3 atom stereocenters. The molecule has 13 nitrogen and oxygen atoms in total. The molecule has 1 aromatic carbocycles. The molecule has 8 rings (SSSR count). The van der Waals surface area contributed by atoms with Gasteiger partial charge in [-0.15, -0.1) is 11.3 Å². The van der Waals surface area contributed by atoms with Gasteiger partial charge in [-0.1, -0.05) is 45.9 Å². The minimum atomic E-state index is -4.02. The molecule has 58 heavy (non-hydrogen) atoms. The Morgan fingerprint density at radius 1 is 1.09 bits per heavy atom. The van der Waals surface area contributed by atoms with Crippen molar-refractivity contribution < 1.29 is 22.4 Å². The van der Waals surface area contributed by atoms with Crippen molar-refractivity contribution in [2.45, 2.75) is 95.3 Å². The summed E-state index contributed by atoms with van der Waals surface area (Å²) >= 11 is 1.46. The van der Waals surface area contributed by atoms with E-state index in [2.05, 4.69) is 51.2 Å². The van der Waals surface area contributed by atoms with E-state index in [9.17, 15) is 18.0 Å². The molecule has 1 aliphatic carbocycles. The zero-order valence-corrected chi connectivity index (χ0v) is 35.1. The predicted molar refractivity (Wildman–Crippen MR) is 223 cm³/mol. The van der Waals surface area contributed by atoms with Crippen LogP contribution in [0.1, 0.15) is 99.9 Å². The van der Waals surface area contributed by atoms with E-state index in [4.69, 9.17) is 15.1 Å². The number of sulfonamides is 1. The Hall–Kier alpha value is -4.38. The van der Waals surface area contributed by atoms with Gasteiger partial charge in [0, 0.05) is 67.6 Å². The highest BCUT2D eigenvalue weighted by Crippen LogP contribution is 2.49. The third-order valence-corrected chi connectivity index (χ3v) is 15.1. The maximum atomic E-state index is 16.2. The number of likely N-dealkylation sites (tertiary alicyclic amines) is 1. The van der Waals surface area contributed by atoms with E-state index in [-0.39, 0.29) is 46.7 Å². The van der Waals surface area contributed by atoms with Crippen molar-refractivity contribution in [3.05, 3.63) is 70.7 Å². The van der Waals surface area contributed by atoms with E-state index in [1.54, 1.807) is 31.5 Å². The number of pyridine rings is 1. The number of carbonyl (C=O) groups excluding carboxylic acids is 2. The Balaban J connectivity index is 0.849. The molecular formula is C42H52FN9O4S2. The van der Waals surface area contributed by atoms with Crippen molar-refractivity contribution in [3.8, 4) is 21.8 Å². The number of aromatic nitrogens is 4. The lowest BCUT2D eigenvalue weighted by molar-refractivity contribution is -0.134. The summed E-state index contributed by atoms with van der Waals surface area (Å²) in [6, 6.07) is 10.8. The fourth-order valence-electron chi connectivity index (χ4n) is 9.20. The van der Waals surface area contributed by atoms with E-state index in [0.29, 0.717) is 46.4 Å². The number of halogens is 1. The second kappa shape index (κ2) is 15.7. The first-order valence-corrected chi connectivity index (χ1v) is 22.7. The number of carbonyl (C=O) groups is 2. The van der Waals surface area contributed by atoms with Gasteiger partial charge in [0.2, 0.25) is 27.8 Å². The van der Waals surface area contributed by atoms with Gasteiger partial charge in [-0.2, -0.15) is 0 Å². The highest BCUT2D eigenvalue weighted by atomic mass is 32.2. The van der Waals surface area contributed by atoms with Gasteiger partial charge in [-0.3, -0.25) is 14.9 Å². The molecular weight excluding hydrogens is 778 g/mol. The minimum absolute atomic E-state index is 0.0349. The predicted octanol–water partition coefficient (Wildman–Crippen LogP) is 6.15. The molecule has 3 saturated heterocycles. The van der Waals surface area contributed by atoms with E-state index in [0.717, 1.165) is 74.8 Å². The molecule has 0 bridgehead atoms. The number of piperidine rings is 1. The molecule has 16 heteroatoms. The zero-order chi connectivity index (χ0) is 41.0. The Labute approximate surface area is 343 Å². The van der Waals surface area contributed by atoms with Crippen molar-refractivity contribution in [2.24, 2.45) is 16.5 Å². The lowest BCUT2D eigenvalue weighted by Crippen LogP contribution is -2.65. The number of primary sulfonamides is 1. The smallest absolute Gasteiger partial charge is 0.234 e. The van der Waals surface area contributed by atoms with Crippen LogP contribution in [0.3, 0.4) is 0 Å². The Morgan fingerprint density at radius 3 is 2.57 bits per heavy atom. The van der Waals surface area contributed by atoms with Crippen LogP contribution in [0.4, 0.5) is 16.2 Å². The van der Waals surface area contributed by atoms with E-state index in [1.807, 2.05) is 18.2 Å².